The van der Waals surface area contributed by atoms with Crippen LogP contribution < -0.4 is 0 Å². The number of rotatable bonds is 7. The summed E-state index contributed by atoms with van der Waals surface area (Å²) in [6.07, 6.45) is 1.80. The summed E-state index contributed by atoms with van der Waals surface area (Å²) < 4.78 is 1.36. The van der Waals surface area contributed by atoms with Crippen LogP contribution in [0.2, 0.25) is 0 Å². The van der Waals surface area contributed by atoms with E-state index >= 15 is 0 Å². The van der Waals surface area contributed by atoms with Crippen LogP contribution in [0.1, 0.15) is 0 Å². The molecule has 2 aromatic rings. The van der Waals surface area contributed by atoms with Gasteiger partial charge in [0, 0.05) is 19.6 Å². The zero-order chi connectivity index (χ0) is 17.5. The normalized spacial score (nSPS) is 11.5. The molecule has 0 unspecified atom stereocenters. The average Bonchev–Trinajstić information content (AvgIpc) is 3.27. The minimum Gasteiger partial charge on any atom is -0.197 e. The van der Waals surface area contributed by atoms with Crippen LogP contribution in [0.4, 0.5) is 0 Å². The molecule has 0 bridgehead atoms. The monoisotopic (exact) mass is 456 g/mol. The topological polar surface area (TPSA) is 282 Å². The number of nitrogens with zero attached hydrogens (tertiary/aromatic N) is 20. The molecular weight excluding hydrogens is 455 g/mol. The van der Waals surface area contributed by atoms with E-state index in [9.17, 15) is 0 Å². The number of tetrazole rings is 2. The molecule has 26 heavy (non-hydrogen) atoms. The third-order valence-corrected chi connectivity index (χ3v) is 2.52. The summed E-state index contributed by atoms with van der Waals surface area (Å²) in [5, 5.41) is 33.3. The Morgan fingerprint density at radius 1 is 0.692 bits per heavy atom. The molecule has 0 aliphatic heterocycles. The van der Waals surface area contributed by atoms with Gasteiger partial charge in [-0.25, -0.2) is 0 Å². The molecule has 0 amide bonds. The van der Waals surface area contributed by atoms with E-state index in [1.807, 2.05) is 0 Å². The Kier molecular flexibility index (Phi) is 8.32. The maximum atomic E-state index is 8.96. The van der Waals surface area contributed by atoms with E-state index < -0.39 is 11.6 Å². The Morgan fingerprint density at radius 2 is 1.08 bits per heavy atom. The summed E-state index contributed by atoms with van der Waals surface area (Å²) in [6.45, 7) is 0. The van der Waals surface area contributed by atoms with Crippen molar-refractivity contribution in [3.63, 3.8) is 0 Å². The maximum Gasteiger partial charge on any atom is 2.00 e. The second-order valence-corrected chi connectivity index (χ2v) is 3.54. The van der Waals surface area contributed by atoms with Gasteiger partial charge < -0.3 is 0 Å². The van der Waals surface area contributed by atoms with Gasteiger partial charge in [0.15, 0.2) is 0 Å². The van der Waals surface area contributed by atoms with Crippen molar-refractivity contribution in [1.29, 1.82) is 0 Å². The maximum absolute atomic E-state index is 8.96. The largest absolute Gasteiger partial charge is 2.00 e. The molecule has 0 saturated heterocycles. The Morgan fingerprint density at radius 3 is 1.35 bits per heavy atom. The predicted molar refractivity (Wildman–Crippen MR) is 68.3 cm³/mol. The van der Waals surface area contributed by atoms with Crippen LogP contribution in [0.5, 0.6) is 0 Å². The molecule has 0 saturated carbocycles. The van der Waals surface area contributed by atoms with E-state index in [2.05, 4.69) is 71.2 Å². The summed E-state index contributed by atoms with van der Waals surface area (Å²) in [6, 6.07) is 0. The SMILES string of the molecule is [Cu+2].[Cu+2].[N-]=[N+]=NC(N=[N+]=[N-])(N=[N+]=[N-])C(N=[N+]=[N-])(n1cnnn1)n1cnnn1. The summed E-state index contributed by atoms with van der Waals surface area (Å²) in [7, 11) is 0. The third kappa shape index (κ3) is 3.42. The van der Waals surface area contributed by atoms with E-state index in [-0.39, 0.29) is 34.1 Å². The zero-order valence-corrected chi connectivity index (χ0v) is 13.6. The predicted octanol–water partition coefficient (Wildman–Crippen LogP) is 0.708. The van der Waals surface area contributed by atoms with Crippen LogP contribution >= 0.6 is 0 Å². The van der Waals surface area contributed by atoms with Gasteiger partial charge in [0.25, 0.3) is 11.6 Å². The molecule has 0 aliphatic rings. The molecule has 136 valence electrons. The molecule has 20 nitrogen and oxygen atoms in total. The quantitative estimate of drug-likeness (QED) is 0.249. The average molecular weight is 457 g/mol. The fraction of sp³-hybridized carbons (Fsp3) is 0.500. The van der Waals surface area contributed by atoms with Crippen LogP contribution in [0.25, 0.3) is 41.8 Å². The number of azide groups is 2. The van der Waals surface area contributed by atoms with Crippen LogP contribution in [-0.2, 0) is 39.9 Å². The number of aromatic nitrogens is 8. The summed E-state index contributed by atoms with van der Waals surface area (Å²) in [4.78, 5) is 9.96. The molecule has 0 aliphatic carbocycles. The first-order valence-corrected chi connectivity index (χ1v) is 5.42. The minimum atomic E-state index is -2.79. The Balaban J connectivity index is 0.00000312. The molecule has 22 heteroatoms. The van der Waals surface area contributed by atoms with E-state index in [1.54, 1.807) is 0 Å². The molecule has 2 aromatic heterocycles. The fourth-order valence-electron chi connectivity index (χ4n) is 1.69. The van der Waals surface area contributed by atoms with Crippen molar-refractivity contribution in [2.24, 2.45) is 20.5 Å². The molecule has 0 spiro atoms. The zero-order valence-electron chi connectivity index (χ0n) is 11.7. The second kappa shape index (κ2) is 9.65. The summed E-state index contributed by atoms with van der Waals surface area (Å²) in [5.41, 5.74) is 35.4. The van der Waals surface area contributed by atoms with Gasteiger partial charge in [0.1, 0.15) is 12.7 Å². The number of hydrogen-bond donors (Lipinski definition) is 0. The van der Waals surface area contributed by atoms with Crippen LogP contribution in [0.15, 0.2) is 33.1 Å². The van der Waals surface area contributed by atoms with Gasteiger partial charge in [-0.05, 0) is 48.1 Å². The Labute approximate surface area is 161 Å². The van der Waals surface area contributed by atoms with Crippen LogP contribution in [0.3, 0.4) is 0 Å². The minimum absolute atomic E-state index is 0. The standard InChI is InChI=1S/C4H2N20.2Cu/c5-15-11-3(12-16-6,13-17-7)4(14-18-8,23-1-9-19-21-23)24-2-10-20-22-24;;/h1-2H;;/q;2*+2. The first-order valence-electron chi connectivity index (χ1n) is 5.42. The Hall–Kier alpha value is -3.58. The van der Waals surface area contributed by atoms with Gasteiger partial charge in [-0.2, -0.15) is 9.36 Å². The molecule has 2 radical (unpaired) electrons. The number of hydrogen-bond acceptors (Lipinski definition) is 10. The van der Waals surface area contributed by atoms with E-state index in [0.717, 1.165) is 12.7 Å². The molecule has 0 N–H and O–H groups in total. The van der Waals surface area contributed by atoms with Gasteiger partial charge in [-0.1, -0.05) is 15.3 Å². The van der Waals surface area contributed by atoms with Crippen LogP contribution in [0, 0.1) is 0 Å². The van der Waals surface area contributed by atoms with Crippen molar-refractivity contribution < 1.29 is 34.1 Å². The van der Waals surface area contributed by atoms with Crippen molar-refractivity contribution in [2.75, 3.05) is 0 Å². The van der Waals surface area contributed by atoms with Gasteiger partial charge >= 0.3 is 34.1 Å². The molecule has 0 fully saturated rings. The first kappa shape index (κ1) is 22.4. The third-order valence-electron chi connectivity index (χ3n) is 2.52. The summed E-state index contributed by atoms with van der Waals surface area (Å²) in [5.74, 6) is -5.32. The van der Waals surface area contributed by atoms with Gasteiger partial charge in [-0.15, -0.1) is 10.2 Å². The van der Waals surface area contributed by atoms with Crippen molar-refractivity contribution in [3.05, 3.63) is 54.4 Å². The molecular formula is C4H2Cu2N20+4. The molecule has 0 atom stereocenters. The van der Waals surface area contributed by atoms with Crippen LogP contribution in [-0.4, -0.2) is 46.2 Å². The van der Waals surface area contributed by atoms with Crippen molar-refractivity contribution in [2.45, 2.75) is 11.6 Å². The van der Waals surface area contributed by atoms with E-state index in [4.69, 9.17) is 22.1 Å². The molecule has 0 aromatic carbocycles. The first-order chi connectivity index (χ1) is 11.7. The van der Waals surface area contributed by atoms with Gasteiger partial charge in [-0.3, -0.25) is 0 Å². The van der Waals surface area contributed by atoms with Gasteiger partial charge in [0.2, 0.25) is 0 Å². The molecule has 2 rings (SSSR count). The van der Waals surface area contributed by atoms with Crippen molar-refractivity contribution in [1.82, 2.24) is 40.4 Å². The summed E-state index contributed by atoms with van der Waals surface area (Å²) >= 11 is 0. The van der Waals surface area contributed by atoms with E-state index in [0.29, 0.717) is 9.36 Å². The second-order valence-electron chi connectivity index (χ2n) is 3.54. The van der Waals surface area contributed by atoms with Crippen molar-refractivity contribution in [3.8, 4) is 0 Å². The molecule has 2 heterocycles. The Bertz CT molecular complexity index is 804. The smallest absolute Gasteiger partial charge is 0.197 e. The van der Waals surface area contributed by atoms with E-state index in [1.165, 1.54) is 0 Å². The van der Waals surface area contributed by atoms with Gasteiger partial charge in [0.05, 0.1) is 0 Å². The van der Waals surface area contributed by atoms with Crippen molar-refractivity contribution >= 4 is 0 Å². The fourth-order valence-corrected chi connectivity index (χ4v) is 1.69.